The summed E-state index contributed by atoms with van der Waals surface area (Å²) >= 11 is 6.74. The number of benzene rings is 2. The lowest BCUT2D eigenvalue weighted by Gasteiger charge is -2.34. The molecule has 2 aliphatic rings. The fourth-order valence-corrected chi connectivity index (χ4v) is 4.39. The highest BCUT2D eigenvalue weighted by Gasteiger charge is 2.40. The summed E-state index contributed by atoms with van der Waals surface area (Å²) in [6, 6.07) is 13.7. The van der Waals surface area contributed by atoms with Crippen LogP contribution in [0.3, 0.4) is 0 Å². The minimum atomic E-state index is -0.503. The number of hydrogen-bond donors (Lipinski definition) is 0. The van der Waals surface area contributed by atoms with Gasteiger partial charge in [-0.1, -0.05) is 61.9 Å². The van der Waals surface area contributed by atoms with Crippen LogP contribution in [0.4, 0.5) is 0 Å². The SMILES string of the molecule is C/C=C1\c2c(ccc(Cl)c2C2CC2)C(OCc2ccccc2)=C(C(=O)OC)N1/N=C(\C)C(C)C. The van der Waals surface area contributed by atoms with Crippen molar-refractivity contribution in [1.29, 1.82) is 0 Å². The highest BCUT2D eigenvalue weighted by molar-refractivity contribution is 6.32. The molecule has 0 saturated heterocycles. The maximum atomic E-state index is 13.2. The summed E-state index contributed by atoms with van der Waals surface area (Å²) in [4.78, 5) is 13.2. The summed E-state index contributed by atoms with van der Waals surface area (Å²) in [6.45, 7) is 8.38. The summed E-state index contributed by atoms with van der Waals surface area (Å²) < 4.78 is 11.6. The Labute approximate surface area is 206 Å². The third-order valence-electron chi connectivity index (χ3n) is 6.31. The molecule has 2 aromatic carbocycles. The van der Waals surface area contributed by atoms with Gasteiger partial charge in [0.1, 0.15) is 6.61 Å². The molecule has 0 spiro atoms. The van der Waals surface area contributed by atoms with Crippen LogP contribution in [0, 0.1) is 5.92 Å². The van der Waals surface area contributed by atoms with Crippen LogP contribution in [0.15, 0.2) is 59.3 Å². The van der Waals surface area contributed by atoms with E-state index in [-0.39, 0.29) is 11.6 Å². The number of methoxy groups -OCH3 is 1. The molecule has 5 nitrogen and oxygen atoms in total. The van der Waals surface area contributed by atoms with Crippen LogP contribution < -0.4 is 0 Å². The van der Waals surface area contributed by atoms with E-state index in [0.29, 0.717) is 18.3 Å². The molecule has 0 amide bonds. The lowest BCUT2D eigenvalue weighted by atomic mass is 9.90. The second-order valence-corrected chi connectivity index (χ2v) is 9.39. The third kappa shape index (κ3) is 4.62. The molecule has 0 bridgehead atoms. The van der Waals surface area contributed by atoms with Gasteiger partial charge in [-0.3, -0.25) is 0 Å². The van der Waals surface area contributed by atoms with Gasteiger partial charge in [-0.05, 0) is 61.8 Å². The largest absolute Gasteiger partial charge is 0.486 e. The Hall–Kier alpha value is -3.05. The van der Waals surface area contributed by atoms with Gasteiger partial charge in [0, 0.05) is 21.9 Å². The molecular weight excluding hydrogens is 448 g/mol. The number of allylic oxidation sites excluding steroid dienone is 1. The Balaban J connectivity index is 1.98. The number of hydrogen-bond acceptors (Lipinski definition) is 5. The molecule has 0 atom stereocenters. The van der Waals surface area contributed by atoms with Crippen LogP contribution in [-0.2, 0) is 20.9 Å². The van der Waals surface area contributed by atoms with E-state index >= 15 is 0 Å². The molecule has 0 N–H and O–H groups in total. The van der Waals surface area contributed by atoms with Crippen molar-refractivity contribution in [1.82, 2.24) is 5.01 Å². The highest BCUT2D eigenvalue weighted by atomic mass is 35.5. The summed E-state index contributed by atoms with van der Waals surface area (Å²) in [6.07, 6.45) is 4.17. The molecule has 0 aromatic heterocycles. The van der Waals surface area contributed by atoms with E-state index < -0.39 is 5.97 Å². The van der Waals surface area contributed by atoms with Gasteiger partial charge in [-0.25, -0.2) is 9.80 Å². The second kappa shape index (κ2) is 10.1. The van der Waals surface area contributed by atoms with Crippen LogP contribution in [0.5, 0.6) is 0 Å². The molecule has 2 aromatic rings. The Bertz CT molecular complexity index is 1180. The molecule has 1 aliphatic heterocycles. The molecule has 0 unspecified atom stereocenters. The molecule has 0 radical (unpaired) electrons. The molecule has 1 heterocycles. The van der Waals surface area contributed by atoms with Crippen LogP contribution >= 0.6 is 11.6 Å². The van der Waals surface area contributed by atoms with Crippen LogP contribution in [0.2, 0.25) is 5.02 Å². The van der Waals surface area contributed by atoms with Crippen LogP contribution in [0.25, 0.3) is 11.5 Å². The van der Waals surface area contributed by atoms with Crippen molar-refractivity contribution < 1.29 is 14.3 Å². The van der Waals surface area contributed by atoms with Gasteiger partial charge in [0.2, 0.25) is 0 Å². The van der Waals surface area contributed by atoms with Gasteiger partial charge in [-0.15, -0.1) is 0 Å². The number of halogens is 1. The fourth-order valence-electron chi connectivity index (χ4n) is 4.08. The number of carbonyl (C=O) groups excluding carboxylic acids is 1. The average molecular weight is 479 g/mol. The maximum absolute atomic E-state index is 13.2. The number of fused-ring (bicyclic) bond motifs is 1. The lowest BCUT2D eigenvalue weighted by Crippen LogP contribution is -2.31. The van der Waals surface area contributed by atoms with Gasteiger partial charge in [0.15, 0.2) is 11.5 Å². The van der Waals surface area contributed by atoms with E-state index in [1.807, 2.05) is 62.4 Å². The van der Waals surface area contributed by atoms with E-state index in [9.17, 15) is 4.79 Å². The van der Waals surface area contributed by atoms with Crippen molar-refractivity contribution in [2.24, 2.45) is 11.0 Å². The number of esters is 1. The standard InChI is InChI=1S/C28H31ClN2O3/c1-6-23-25-21(14-15-22(29)24(25)20-12-13-20)27(34-16-19-10-8-7-9-11-19)26(28(32)33-5)31(23)30-18(4)17(2)3/h6-11,14-15,17,20H,12-13,16H2,1-5H3/b23-6+,30-18+. The summed E-state index contributed by atoms with van der Waals surface area (Å²) in [5.74, 6) is 0.547. The van der Waals surface area contributed by atoms with E-state index in [0.717, 1.165) is 51.5 Å². The summed E-state index contributed by atoms with van der Waals surface area (Å²) in [5.41, 5.74) is 5.89. The lowest BCUT2D eigenvalue weighted by molar-refractivity contribution is -0.137. The molecule has 1 fully saturated rings. The summed E-state index contributed by atoms with van der Waals surface area (Å²) in [5, 5.41) is 7.31. The van der Waals surface area contributed by atoms with Gasteiger partial charge in [0.25, 0.3) is 0 Å². The van der Waals surface area contributed by atoms with Crippen molar-refractivity contribution in [3.63, 3.8) is 0 Å². The maximum Gasteiger partial charge on any atom is 0.360 e. The van der Waals surface area contributed by atoms with Crippen molar-refractivity contribution in [3.8, 4) is 0 Å². The number of nitrogens with zero attached hydrogens (tertiary/aromatic N) is 2. The molecule has 1 aliphatic carbocycles. The van der Waals surface area contributed by atoms with Gasteiger partial charge >= 0.3 is 5.97 Å². The Morgan fingerprint density at radius 3 is 2.50 bits per heavy atom. The quantitative estimate of drug-likeness (QED) is 0.318. The first kappa shape index (κ1) is 24.1. The van der Waals surface area contributed by atoms with Gasteiger partial charge < -0.3 is 9.47 Å². The molecular formula is C28H31ClN2O3. The first-order valence-corrected chi connectivity index (χ1v) is 12.1. The zero-order chi connectivity index (χ0) is 24.4. The number of rotatable bonds is 7. The highest BCUT2D eigenvalue weighted by Crippen LogP contribution is 2.51. The van der Waals surface area contributed by atoms with E-state index in [1.54, 1.807) is 5.01 Å². The Morgan fingerprint density at radius 1 is 1.21 bits per heavy atom. The van der Waals surface area contributed by atoms with Gasteiger partial charge in [0.05, 0.1) is 12.8 Å². The number of carbonyl (C=O) groups is 1. The average Bonchev–Trinajstić information content (AvgIpc) is 3.67. The van der Waals surface area contributed by atoms with Crippen molar-refractivity contribution >= 4 is 34.7 Å². The van der Waals surface area contributed by atoms with Crippen molar-refractivity contribution in [2.45, 2.75) is 53.1 Å². The normalized spacial score (nSPS) is 17.3. The van der Waals surface area contributed by atoms with Crippen molar-refractivity contribution in [2.75, 3.05) is 7.11 Å². The Kier molecular flexibility index (Phi) is 7.13. The first-order valence-electron chi connectivity index (χ1n) is 11.7. The third-order valence-corrected chi connectivity index (χ3v) is 6.63. The number of hydrazone groups is 1. The monoisotopic (exact) mass is 478 g/mol. The molecule has 6 heteroatoms. The first-order chi connectivity index (χ1) is 16.4. The van der Waals surface area contributed by atoms with Crippen molar-refractivity contribution in [3.05, 3.63) is 81.5 Å². The molecule has 34 heavy (non-hydrogen) atoms. The topological polar surface area (TPSA) is 51.1 Å². The summed E-state index contributed by atoms with van der Waals surface area (Å²) in [7, 11) is 1.38. The zero-order valence-electron chi connectivity index (χ0n) is 20.4. The Morgan fingerprint density at radius 2 is 1.91 bits per heavy atom. The fraction of sp³-hybridized carbons (Fsp3) is 0.357. The van der Waals surface area contributed by atoms with Gasteiger partial charge in [-0.2, -0.15) is 5.10 Å². The predicted octanol–water partition coefficient (Wildman–Crippen LogP) is 6.98. The predicted molar refractivity (Wildman–Crippen MR) is 137 cm³/mol. The second-order valence-electron chi connectivity index (χ2n) is 8.98. The molecule has 178 valence electrons. The smallest absolute Gasteiger partial charge is 0.360 e. The molecule has 4 rings (SSSR count). The number of ether oxygens (including phenoxy) is 2. The molecule has 1 saturated carbocycles. The van der Waals surface area contributed by atoms with E-state index in [1.165, 1.54) is 7.11 Å². The van der Waals surface area contributed by atoms with E-state index in [2.05, 4.69) is 13.8 Å². The van der Waals surface area contributed by atoms with Crippen LogP contribution in [0.1, 0.15) is 68.7 Å². The minimum Gasteiger partial charge on any atom is -0.486 e. The minimum absolute atomic E-state index is 0.203. The zero-order valence-corrected chi connectivity index (χ0v) is 21.1. The van der Waals surface area contributed by atoms with E-state index in [4.69, 9.17) is 26.2 Å². The van der Waals surface area contributed by atoms with Crippen LogP contribution in [-0.4, -0.2) is 23.8 Å².